The lowest BCUT2D eigenvalue weighted by Crippen LogP contribution is -2.56. The number of benzene rings is 2. The highest BCUT2D eigenvalue weighted by Gasteiger charge is 2.48. The Bertz CT molecular complexity index is 637. The van der Waals surface area contributed by atoms with E-state index >= 15 is 0 Å². The van der Waals surface area contributed by atoms with Gasteiger partial charge in [-0.2, -0.15) is 0 Å². The zero-order valence-corrected chi connectivity index (χ0v) is 11.2. The summed E-state index contributed by atoms with van der Waals surface area (Å²) in [5.74, 6) is -0.472. The molecular formula is C17H15NO2. The summed E-state index contributed by atoms with van der Waals surface area (Å²) >= 11 is 0. The summed E-state index contributed by atoms with van der Waals surface area (Å²) in [5.41, 5.74) is 1.55. The van der Waals surface area contributed by atoms with Crippen LogP contribution in [-0.4, -0.2) is 16.7 Å². The first-order valence-electron chi connectivity index (χ1n) is 6.67. The van der Waals surface area contributed by atoms with E-state index in [-0.39, 0.29) is 23.8 Å². The van der Waals surface area contributed by atoms with Crippen LogP contribution in [0.3, 0.4) is 0 Å². The maximum atomic E-state index is 12.5. The zero-order valence-electron chi connectivity index (χ0n) is 11.2. The van der Waals surface area contributed by atoms with Crippen LogP contribution in [-0.2, 0) is 4.79 Å². The lowest BCUT2D eigenvalue weighted by molar-refractivity contribution is -0.149. The maximum absolute atomic E-state index is 12.5. The molecule has 2 unspecified atom stereocenters. The fourth-order valence-electron chi connectivity index (χ4n) is 2.67. The Morgan fingerprint density at radius 3 is 2.10 bits per heavy atom. The van der Waals surface area contributed by atoms with E-state index < -0.39 is 0 Å². The minimum absolute atomic E-state index is 0.104. The molecule has 0 radical (unpaired) electrons. The van der Waals surface area contributed by atoms with Crippen LogP contribution in [0.5, 0.6) is 0 Å². The number of β-lactam (4-membered cyclic amide) rings is 1. The van der Waals surface area contributed by atoms with Crippen LogP contribution in [0.1, 0.15) is 28.9 Å². The summed E-state index contributed by atoms with van der Waals surface area (Å²) in [6.45, 7) is 1.87. The highest BCUT2D eigenvalue weighted by atomic mass is 16.2. The van der Waals surface area contributed by atoms with Gasteiger partial charge in [0.1, 0.15) is 0 Å². The summed E-state index contributed by atoms with van der Waals surface area (Å²) in [7, 11) is 0. The minimum atomic E-state index is -0.220. The highest BCUT2D eigenvalue weighted by molar-refractivity contribution is 6.09. The molecule has 0 bridgehead atoms. The van der Waals surface area contributed by atoms with Crippen molar-refractivity contribution < 1.29 is 9.59 Å². The van der Waals surface area contributed by atoms with Crippen molar-refractivity contribution in [1.29, 1.82) is 0 Å². The second kappa shape index (κ2) is 4.93. The third kappa shape index (κ3) is 1.92. The van der Waals surface area contributed by atoms with Crippen LogP contribution < -0.4 is 0 Å². The Kier molecular flexibility index (Phi) is 3.11. The van der Waals surface area contributed by atoms with Gasteiger partial charge < -0.3 is 0 Å². The first-order valence-corrected chi connectivity index (χ1v) is 6.67. The molecule has 2 amide bonds. The first kappa shape index (κ1) is 12.6. The van der Waals surface area contributed by atoms with E-state index in [1.54, 1.807) is 24.3 Å². The minimum Gasteiger partial charge on any atom is -0.274 e. The lowest BCUT2D eigenvalue weighted by atomic mass is 9.83. The molecule has 100 valence electrons. The van der Waals surface area contributed by atoms with Crippen LogP contribution in [0.2, 0.25) is 0 Å². The van der Waals surface area contributed by atoms with Crippen molar-refractivity contribution in [2.45, 2.75) is 13.0 Å². The molecule has 20 heavy (non-hydrogen) atoms. The molecule has 0 N–H and O–H groups in total. The molecule has 2 aromatic carbocycles. The predicted octanol–water partition coefficient (Wildman–Crippen LogP) is 3.05. The van der Waals surface area contributed by atoms with E-state index in [0.29, 0.717) is 5.56 Å². The lowest BCUT2D eigenvalue weighted by Gasteiger charge is -2.44. The molecule has 1 heterocycles. The van der Waals surface area contributed by atoms with Crippen molar-refractivity contribution in [2.75, 3.05) is 0 Å². The molecule has 0 spiro atoms. The molecule has 0 saturated carbocycles. The van der Waals surface area contributed by atoms with E-state index in [9.17, 15) is 9.59 Å². The van der Waals surface area contributed by atoms with Gasteiger partial charge in [0.15, 0.2) is 0 Å². The van der Waals surface area contributed by atoms with Gasteiger partial charge >= 0.3 is 0 Å². The highest BCUT2D eigenvalue weighted by Crippen LogP contribution is 2.40. The fraction of sp³-hybridized carbons (Fsp3) is 0.176. The summed E-state index contributed by atoms with van der Waals surface area (Å²) in [5, 5.41) is 0. The van der Waals surface area contributed by atoms with Crippen molar-refractivity contribution in [2.24, 2.45) is 5.92 Å². The molecule has 3 nitrogen and oxygen atoms in total. The average molecular weight is 265 g/mol. The van der Waals surface area contributed by atoms with Crippen LogP contribution >= 0.6 is 0 Å². The Morgan fingerprint density at radius 2 is 1.50 bits per heavy atom. The standard InChI is InChI=1S/C17H15NO2/c1-12-15(13-8-4-2-5-9-13)18(16(12)19)17(20)14-10-6-3-7-11-14/h2-12,15H,1H3. The quantitative estimate of drug-likeness (QED) is 0.618. The van der Waals surface area contributed by atoms with Gasteiger partial charge in [0.2, 0.25) is 5.91 Å². The summed E-state index contributed by atoms with van der Waals surface area (Å²) in [4.78, 5) is 25.9. The molecule has 2 aromatic rings. The monoisotopic (exact) mass is 265 g/mol. The van der Waals surface area contributed by atoms with E-state index in [4.69, 9.17) is 0 Å². The number of carbonyl (C=O) groups excluding carboxylic acids is 2. The van der Waals surface area contributed by atoms with Crippen LogP contribution in [0.4, 0.5) is 0 Å². The van der Waals surface area contributed by atoms with Crippen molar-refractivity contribution >= 4 is 11.8 Å². The Balaban J connectivity index is 1.92. The first-order chi connectivity index (χ1) is 9.70. The van der Waals surface area contributed by atoms with Gasteiger partial charge in [-0.3, -0.25) is 14.5 Å². The van der Waals surface area contributed by atoms with Crippen molar-refractivity contribution in [3.8, 4) is 0 Å². The van der Waals surface area contributed by atoms with E-state index in [1.165, 1.54) is 4.90 Å². The summed E-state index contributed by atoms with van der Waals surface area (Å²) in [6.07, 6.45) is 0. The molecule has 1 saturated heterocycles. The van der Waals surface area contributed by atoms with Gasteiger partial charge in [-0.05, 0) is 17.7 Å². The Morgan fingerprint density at radius 1 is 0.950 bits per heavy atom. The second-order valence-electron chi connectivity index (χ2n) is 5.02. The number of hydrogen-bond acceptors (Lipinski definition) is 2. The average Bonchev–Trinajstić information content (AvgIpc) is 2.52. The number of amides is 2. The van der Waals surface area contributed by atoms with Crippen molar-refractivity contribution in [3.05, 3.63) is 71.8 Å². The normalized spacial score (nSPS) is 21.4. The van der Waals surface area contributed by atoms with Crippen LogP contribution in [0, 0.1) is 5.92 Å². The smallest absolute Gasteiger partial charge is 0.261 e. The second-order valence-corrected chi connectivity index (χ2v) is 5.02. The third-order valence-electron chi connectivity index (χ3n) is 3.76. The summed E-state index contributed by atoms with van der Waals surface area (Å²) in [6, 6.07) is 18.5. The van der Waals surface area contributed by atoms with E-state index in [0.717, 1.165) is 5.56 Å². The van der Waals surface area contributed by atoms with Gasteiger partial charge in [0.25, 0.3) is 5.91 Å². The van der Waals surface area contributed by atoms with Gasteiger partial charge in [-0.1, -0.05) is 55.5 Å². The van der Waals surface area contributed by atoms with Crippen molar-refractivity contribution in [3.63, 3.8) is 0 Å². The molecule has 3 rings (SSSR count). The largest absolute Gasteiger partial charge is 0.274 e. The number of hydrogen-bond donors (Lipinski definition) is 0. The maximum Gasteiger partial charge on any atom is 0.261 e. The number of carbonyl (C=O) groups is 2. The van der Waals surface area contributed by atoms with E-state index in [2.05, 4.69) is 0 Å². The number of rotatable bonds is 2. The van der Waals surface area contributed by atoms with Gasteiger partial charge in [-0.15, -0.1) is 0 Å². The topological polar surface area (TPSA) is 37.4 Å². The van der Waals surface area contributed by atoms with Crippen LogP contribution in [0.25, 0.3) is 0 Å². The Hall–Kier alpha value is -2.42. The number of likely N-dealkylation sites (tertiary alicyclic amines) is 1. The number of imide groups is 1. The number of nitrogens with zero attached hydrogens (tertiary/aromatic N) is 1. The molecule has 0 aliphatic carbocycles. The SMILES string of the molecule is CC1C(=O)N(C(=O)c2ccccc2)C1c1ccccc1. The molecule has 1 aliphatic heterocycles. The molecule has 1 aliphatic rings. The van der Waals surface area contributed by atoms with Gasteiger partial charge in [0, 0.05) is 5.56 Å². The van der Waals surface area contributed by atoms with E-state index in [1.807, 2.05) is 43.3 Å². The molecule has 1 fully saturated rings. The van der Waals surface area contributed by atoms with Gasteiger partial charge in [-0.25, -0.2) is 0 Å². The molecule has 3 heteroatoms. The molecule has 0 aromatic heterocycles. The van der Waals surface area contributed by atoms with Crippen molar-refractivity contribution in [1.82, 2.24) is 4.90 Å². The fourth-order valence-corrected chi connectivity index (χ4v) is 2.67. The molecule has 2 atom stereocenters. The Labute approximate surface area is 117 Å². The summed E-state index contributed by atoms with van der Waals surface area (Å²) < 4.78 is 0. The van der Waals surface area contributed by atoms with Crippen LogP contribution in [0.15, 0.2) is 60.7 Å². The third-order valence-corrected chi connectivity index (χ3v) is 3.76. The zero-order chi connectivity index (χ0) is 14.1. The van der Waals surface area contributed by atoms with Gasteiger partial charge in [0.05, 0.1) is 12.0 Å². The molecular weight excluding hydrogens is 250 g/mol. The predicted molar refractivity (Wildman–Crippen MR) is 76.0 cm³/mol.